The second-order valence-electron chi connectivity index (χ2n) is 15.3. The summed E-state index contributed by atoms with van der Waals surface area (Å²) in [6.07, 6.45) is 54.0. The molecule has 0 bridgehead atoms. The molecule has 0 saturated carbocycles. The molecule has 0 fully saturated rings. The quantitative estimate of drug-likeness (QED) is 0.0353. The van der Waals surface area contributed by atoms with Crippen LogP contribution in [0.1, 0.15) is 226 Å². The van der Waals surface area contributed by atoms with Crippen LogP contribution >= 0.6 is 0 Å². The number of rotatable bonds is 42. The SMILES string of the molecule is CC/C=C\C/C=C\C/C=C\CCCCCCCCCC(=O)OCC(COCCCCCCCC/C=C\CCCCCC)OC(=O)CCCCCCCCC. The van der Waals surface area contributed by atoms with Crippen LogP contribution in [0.3, 0.4) is 0 Å². The summed E-state index contributed by atoms with van der Waals surface area (Å²) in [5.41, 5.74) is 0. The van der Waals surface area contributed by atoms with E-state index in [0.717, 1.165) is 70.6 Å². The number of hydrogen-bond donors (Lipinski definition) is 0. The molecule has 1 unspecified atom stereocenters. The minimum Gasteiger partial charge on any atom is -0.462 e. The third-order valence-electron chi connectivity index (χ3n) is 9.85. The second kappa shape index (κ2) is 45.3. The molecule has 1 atom stereocenters. The van der Waals surface area contributed by atoms with Gasteiger partial charge in [0, 0.05) is 19.4 Å². The van der Waals surface area contributed by atoms with E-state index in [1.54, 1.807) is 0 Å². The summed E-state index contributed by atoms with van der Waals surface area (Å²) >= 11 is 0. The van der Waals surface area contributed by atoms with Crippen molar-refractivity contribution in [3.63, 3.8) is 0 Å². The van der Waals surface area contributed by atoms with Crippen molar-refractivity contribution in [3.05, 3.63) is 48.6 Å². The standard InChI is InChI=1S/C49H88O5/c1-4-7-10-13-16-18-20-22-24-25-26-27-29-31-34-36-39-42-48(50)53-46-47(54-49(51)43-40-37-33-15-12-9-6-3)45-52-44-41-38-35-32-30-28-23-21-19-17-14-11-8-5-2/h7,10,16,18-19,21-22,24,47H,4-6,8-9,11-15,17,20,23,25-46H2,1-3H3/b10-7-,18-16-,21-19-,24-22-. The Bertz CT molecular complexity index is 904. The number of esters is 2. The number of unbranched alkanes of at least 4 members (excludes halogenated alkanes) is 23. The first kappa shape index (κ1) is 51.9. The van der Waals surface area contributed by atoms with Crippen molar-refractivity contribution in [2.75, 3.05) is 19.8 Å². The van der Waals surface area contributed by atoms with E-state index in [1.165, 1.54) is 122 Å². The Balaban J connectivity index is 4.15. The van der Waals surface area contributed by atoms with E-state index < -0.39 is 6.10 Å². The number of ether oxygens (including phenoxy) is 3. The predicted octanol–water partition coefficient (Wildman–Crippen LogP) is 15.2. The maximum atomic E-state index is 12.6. The summed E-state index contributed by atoms with van der Waals surface area (Å²) in [5.74, 6) is -0.414. The minimum absolute atomic E-state index is 0.0792. The van der Waals surface area contributed by atoms with Crippen molar-refractivity contribution in [1.29, 1.82) is 0 Å². The highest BCUT2D eigenvalue weighted by molar-refractivity contribution is 5.70. The van der Waals surface area contributed by atoms with E-state index in [2.05, 4.69) is 69.4 Å². The molecule has 0 radical (unpaired) electrons. The Hall–Kier alpha value is -2.14. The molecule has 54 heavy (non-hydrogen) atoms. The van der Waals surface area contributed by atoms with Crippen molar-refractivity contribution in [2.45, 2.75) is 232 Å². The largest absolute Gasteiger partial charge is 0.462 e. The molecule has 0 N–H and O–H groups in total. The Labute approximate surface area is 335 Å². The number of carbonyl (C=O) groups is 2. The zero-order valence-electron chi connectivity index (χ0n) is 36.0. The first-order valence-electron chi connectivity index (χ1n) is 23.2. The Morgan fingerprint density at radius 2 is 0.833 bits per heavy atom. The third-order valence-corrected chi connectivity index (χ3v) is 9.85. The van der Waals surface area contributed by atoms with Crippen molar-refractivity contribution in [1.82, 2.24) is 0 Å². The summed E-state index contributed by atoms with van der Waals surface area (Å²) in [7, 11) is 0. The molecule has 0 aromatic rings. The lowest BCUT2D eigenvalue weighted by atomic mass is 10.1. The molecule has 0 aliphatic carbocycles. The van der Waals surface area contributed by atoms with Crippen molar-refractivity contribution >= 4 is 11.9 Å². The first-order valence-corrected chi connectivity index (χ1v) is 23.2. The van der Waals surface area contributed by atoms with E-state index in [0.29, 0.717) is 19.4 Å². The highest BCUT2D eigenvalue weighted by atomic mass is 16.6. The molecule has 0 rings (SSSR count). The van der Waals surface area contributed by atoms with Gasteiger partial charge in [-0.2, -0.15) is 0 Å². The van der Waals surface area contributed by atoms with E-state index in [4.69, 9.17) is 14.2 Å². The van der Waals surface area contributed by atoms with Crippen LogP contribution in [0.5, 0.6) is 0 Å². The van der Waals surface area contributed by atoms with Gasteiger partial charge >= 0.3 is 11.9 Å². The normalized spacial score (nSPS) is 12.6. The van der Waals surface area contributed by atoms with Crippen molar-refractivity contribution in [3.8, 4) is 0 Å². The van der Waals surface area contributed by atoms with Crippen LogP contribution in [0, 0.1) is 0 Å². The highest BCUT2D eigenvalue weighted by Gasteiger charge is 2.17. The molecular weight excluding hydrogens is 669 g/mol. The zero-order chi connectivity index (χ0) is 39.3. The molecule has 5 nitrogen and oxygen atoms in total. The molecule has 314 valence electrons. The molecule has 0 aliphatic rings. The molecule has 0 saturated heterocycles. The van der Waals surface area contributed by atoms with Gasteiger partial charge in [0.15, 0.2) is 6.10 Å². The fourth-order valence-corrected chi connectivity index (χ4v) is 6.40. The van der Waals surface area contributed by atoms with E-state index >= 15 is 0 Å². The van der Waals surface area contributed by atoms with Crippen molar-refractivity contribution in [2.24, 2.45) is 0 Å². The maximum absolute atomic E-state index is 12.6. The Morgan fingerprint density at radius 3 is 1.37 bits per heavy atom. The van der Waals surface area contributed by atoms with Gasteiger partial charge in [-0.25, -0.2) is 0 Å². The van der Waals surface area contributed by atoms with Gasteiger partial charge in [-0.3, -0.25) is 9.59 Å². The molecule has 0 aromatic carbocycles. The first-order chi connectivity index (χ1) is 26.6. The van der Waals surface area contributed by atoms with Gasteiger partial charge < -0.3 is 14.2 Å². The molecule has 0 aromatic heterocycles. The zero-order valence-corrected chi connectivity index (χ0v) is 36.0. The van der Waals surface area contributed by atoms with Crippen LogP contribution in [0.15, 0.2) is 48.6 Å². The van der Waals surface area contributed by atoms with Crippen LogP contribution in [-0.2, 0) is 23.8 Å². The maximum Gasteiger partial charge on any atom is 0.306 e. The van der Waals surface area contributed by atoms with Crippen LogP contribution in [0.4, 0.5) is 0 Å². The van der Waals surface area contributed by atoms with Gasteiger partial charge in [-0.1, -0.05) is 185 Å². The fourth-order valence-electron chi connectivity index (χ4n) is 6.40. The Morgan fingerprint density at radius 1 is 0.426 bits per heavy atom. The average Bonchev–Trinajstić information content (AvgIpc) is 3.17. The third kappa shape index (κ3) is 42.6. The van der Waals surface area contributed by atoms with E-state index in [-0.39, 0.29) is 25.2 Å². The van der Waals surface area contributed by atoms with Crippen LogP contribution < -0.4 is 0 Å². The van der Waals surface area contributed by atoms with Gasteiger partial charge in [0.25, 0.3) is 0 Å². The van der Waals surface area contributed by atoms with Gasteiger partial charge in [0.1, 0.15) is 6.61 Å². The van der Waals surface area contributed by atoms with Crippen LogP contribution in [-0.4, -0.2) is 37.9 Å². The number of carbonyl (C=O) groups excluding carboxylic acids is 2. The van der Waals surface area contributed by atoms with Crippen LogP contribution in [0.2, 0.25) is 0 Å². The topological polar surface area (TPSA) is 61.8 Å². The lowest BCUT2D eigenvalue weighted by Gasteiger charge is -2.18. The lowest BCUT2D eigenvalue weighted by molar-refractivity contribution is -0.163. The summed E-state index contributed by atoms with van der Waals surface area (Å²) in [5, 5.41) is 0. The average molecular weight is 757 g/mol. The monoisotopic (exact) mass is 757 g/mol. The van der Waals surface area contributed by atoms with E-state index in [9.17, 15) is 9.59 Å². The summed E-state index contributed by atoms with van der Waals surface area (Å²) in [6.45, 7) is 7.66. The smallest absolute Gasteiger partial charge is 0.306 e. The molecule has 0 spiro atoms. The second-order valence-corrected chi connectivity index (χ2v) is 15.3. The summed E-state index contributed by atoms with van der Waals surface area (Å²) in [6, 6.07) is 0. The van der Waals surface area contributed by atoms with Gasteiger partial charge in [0.2, 0.25) is 0 Å². The molecule has 0 heterocycles. The van der Waals surface area contributed by atoms with Crippen LogP contribution in [0.25, 0.3) is 0 Å². The van der Waals surface area contributed by atoms with Gasteiger partial charge in [0.05, 0.1) is 6.61 Å². The van der Waals surface area contributed by atoms with E-state index in [1.807, 2.05) is 0 Å². The Kier molecular flexibility index (Phi) is 43.5. The molecule has 0 amide bonds. The highest BCUT2D eigenvalue weighted by Crippen LogP contribution is 2.13. The number of hydrogen-bond acceptors (Lipinski definition) is 5. The molecular formula is C49H88O5. The van der Waals surface area contributed by atoms with Gasteiger partial charge in [-0.15, -0.1) is 0 Å². The van der Waals surface area contributed by atoms with Crippen molar-refractivity contribution < 1.29 is 23.8 Å². The molecule has 0 aliphatic heterocycles. The molecule has 5 heteroatoms. The summed E-state index contributed by atoms with van der Waals surface area (Å²) in [4.78, 5) is 25.1. The van der Waals surface area contributed by atoms with Gasteiger partial charge in [-0.05, 0) is 77.0 Å². The summed E-state index contributed by atoms with van der Waals surface area (Å²) < 4.78 is 17.3. The lowest BCUT2D eigenvalue weighted by Crippen LogP contribution is -2.30. The minimum atomic E-state index is -0.537. The fraction of sp³-hybridized carbons (Fsp3) is 0.796. The number of allylic oxidation sites excluding steroid dienone is 8. The predicted molar refractivity (Wildman–Crippen MR) is 233 cm³/mol.